The molecule has 1 aliphatic rings. The summed E-state index contributed by atoms with van der Waals surface area (Å²) in [5.74, 6) is 0.0220. The average Bonchev–Trinajstić information content (AvgIpc) is 3.26. The molecule has 1 fully saturated rings. The van der Waals surface area contributed by atoms with Crippen molar-refractivity contribution in [2.24, 2.45) is 0 Å². The maximum atomic E-state index is 13.1. The summed E-state index contributed by atoms with van der Waals surface area (Å²) in [6.07, 6.45) is 8.00. The molecule has 1 aromatic heterocycles. The van der Waals surface area contributed by atoms with Gasteiger partial charge in [0.05, 0.1) is 6.20 Å². The zero-order valence-corrected chi connectivity index (χ0v) is 16.8. The van der Waals surface area contributed by atoms with Crippen LogP contribution < -0.4 is 0 Å². The minimum absolute atomic E-state index is 0.0220. The summed E-state index contributed by atoms with van der Waals surface area (Å²) in [7, 11) is 0. The Labute approximate surface area is 172 Å². The topological polar surface area (TPSA) is 51.0 Å². The SMILES string of the molecule is O=C(c1cn(CCc2ccccc2)nn1)N1CCCCC1CCc1ccccc1. The molecule has 5 nitrogen and oxygen atoms in total. The Morgan fingerprint density at radius 1 is 0.931 bits per heavy atom. The van der Waals surface area contributed by atoms with E-state index in [1.807, 2.05) is 29.2 Å². The molecule has 1 saturated heterocycles. The van der Waals surface area contributed by atoms with E-state index < -0.39 is 0 Å². The van der Waals surface area contributed by atoms with Crippen molar-refractivity contribution in [3.8, 4) is 0 Å². The molecular weight excluding hydrogens is 360 g/mol. The fourth-order valence-electron chi connectivity index (χ4n) is 4.09. The maximum Gasteiger partial charge on any atom is 0.276 e. The van der Waals surface area contributed by atoms with Crippen LogP contribution in [0.1, 0.15) is 47.3 Å². The summed E-state index contributed by atoms with van der Waals surface area (Å²) in [6, 6.07) is 21.1. The second-order valence-electron chi connectivity index (χ2n) is 7.77. The van der Waals surface area contributed by atoms with Crippen molar-refractivity contribution in [3.05, 3.63) is 83.7 Å². The van der Waals surface area contributed by atoms with E-state index in [2.05, 4.69) is 46.7 Å². The number of piperidine rings is 1. The summed E-state index contributed by atoms with van der Waals surface area (Å²) in [5.41, 5.74) is 3.05. The van der Waals surface area contributed by atoms with Gasteiger partial charge in [-0.1, -0.05) is 65.9 Å². The molecule has 0 bridgehead atoms. The molecule has 2 heterocycles. The lowest BCUT2D eigenvalue weighted by atomic mass is 9.95. The van der Waals surface area contributed by atoms with Crippen molar-refractivity contribution in [1.29, 1.82) is 0 Å². The average molecular weight is 389 g/mol. The number of carbonyl (C=O) groups excluding carboxylic acids is 1. The van der Waals surface area contributed by atoms with Crippen LogP contribution in [0.5, 0.6) is 0 Å². The zero-order valence-electron chi connectivity index (χ0n) is 16.8. The highest BCUT2D eigenvalue weighted by molar-refractivity contribution is 5.92. The monoisotopic (exact) mass is 388 g/mol. The maximum absolute atomic E-state index is 13.1. The molecule has 4 rings (SSSR count). The summed E-state index contributed by atoms with van der Waals surface area (Å²) in [5, 5.41) is 8.36. The normalized spacial score (nSPS) is 16.7. The van der Waals surface area contributed by atoms with E-state index >= 15 is 0 Å². The lowest BCUT2D eigenvalue weighted by Gasteiger charge is -2.35. The van der Waals surface area contributed by atoms with Gasteiger partial charge in [0, 0.05) is 19.1 Å². The second kappa shape index (κ2) is 9.50. The highest BCUT2D eigenvalue weighted by Gasteiger charge is 2.28. The first-order chi connectivity index (χ1) is 14.3. The van der Waals surface area contributed by atoms with Gasteiger partial charge in [0.25, 0.3) is 5.91 Å². The Bertz CT molecular complexity index is 907. The molecule has 29 heavy (non-hydrogen) atoms. The summed E-state index contributed by atoms with van der Waals surface area (Å²) >= 11 is 0. The first-order valence-corrected chi connectivity index (χ1v) is 10.6. The van der Waals surface area contributed by atoms with Crippen LogP contribution in [0.25, 0.3) is 0 Å². The molecule has 2 aromatic carbocycles. The van der Waals surface area contributed by atoms with Crippen molar-refractivity contribution in [2.75, 3.05) is 6.54 Å². The van der Waals surface area contributed by atoms with Gasteiger partial charge in [0.15, 0.2) is 5.69 Å². The van der Waals surface area contributed by atoms with Crippen molar-refractivity contribution in [1.82, 2.24) is 19.9 Å². The van der Waals surface area contributed by atoms with E-state index in [0.29, 0.717) is 5.69 Å². The third-order valence-electron chi connectivity index (χ3n) is 5.73. The van der Waals surface area contributed by atoms with Gasteiger partial charge in [0.2, 0.25) is 0 Å². The summed E-state index contributed by atoms with van der Waals surface area (Å²) in [6.45, 7) is 1.54. The van der Waals surface area contributed by atoms with Gasteiger partial charge in [-0.3, -0.25) is 9.48 Å². The van der Waals surface area contributed by atoms with E-state index in [1.54, 1.807) is 10.9 Å². The molecule has 0 spiro atoms. The Kier molecular flexibility index (Phi) is 6.35. The number of hydrogen-bond donors (Lipinski definition) is 0. The number of nitrogens with zero attached hydrogens (tertiary/aromatic N) is 4. The smallest absolute Gasteiger partial charge is 0.276 e. The Hall–Kier alpha value is -2.95. The molecule has 150 valence electrons. The van der Waals surface area contributed by atoms with Gasteiger partial charge < -0.3 is 4.90 Å². The standard InChI is InChI=1S/C24H28N4O/c29-24(23-19-27(26-25-23)18-16-21-11-5-2-6-12-21)28-17-8-7-13-22(28)15-14-20-9-3-1-4-10-20/h1-6,9-12,19,22H,7-8,13-18H2. The fourth-order valence-corrected chi connectivity index (χ4v) is 4.09. The Morgan fingerprint density at radius 3 is 2.34 bits per heavy atom. The minimum atomic E-state index is 0.0220. The van der Waals surface area contributed by atoms with Gasteiger partial charge >= 0.3 is 0 Å². The highest BCUT2D eigenvalue weighted by Crippen LogP contribution is 2.23. The van der Waals surface area contributed by atoms with Crippen molar-refractivity contribution in [3.63, 3.8) is 0 Å². The molecule has 1 unspecified atom stereocenters. The van der Waals surface area contributed by atoms with Gasteiger partial charge in [-0.05, 0) is 49.7 Å². The van der Waals surface area contributed by atoms with Crippen LogP contribution in [0, 0.1) is 0 Å². The van der Waals surface area contributed by atoms with Gasteiger partial charge in [-0.2, -0.15) is 0 Å². The molecule has 0 radical (unpaired) electrons. The van der Waals surface area contributed by atoms with Crippen LogP contribution in [0.3, 0.4) is 0 Å². The zero-order chi connectivity index (χ0) is 19.9. The van der Waals surface area contributed by atoms with Gasteiger partial charge in [-0.25, -0.2) is 0 Å². The van der Waals surface area contributed by atoms with Crippen LogP contribution in [-0.4, -0.2) is 38.4 Å². The number of likely N-dealkylation sites (tertiary alicyclic amines) is 1. The molecule has 3 aromatic rings. The van der Waals surface area contributed by atoms with E-state index in [0.717, 1.165) is 45.2 Å². The second-order valence-corrected chi connectivity index (χ2v) is 7.77. The first kappa shape index (κ1) is 19.4. The molecule has 1 aliphatic heterocycles. The number of rotatable bonds is 7. The quantitative estimate of drug-likeness (QED) is 0.611. The van der Waals surface area contributed by atoms with E-state index in [1.165, 1.54) is 17.5 Å². The van der Waals surface area contributed by atoms with E-state index in [9.17, 15) is 4.79 Å². The molecule has 0 aliphatic carbocycles. The Balaban J connectivity index is 1.37. The van der Waals surface area contributed by atoms with Gasteiger partial charge in [-0.15, -0.1) is 5.10 Å². The van der Waals surface area contributed by atoms with Crippen molar-refractivity contribution >= 4 is 5.91 Å². The third-order valence-corrected chi connectivity index (χ3v) is 5.73. The lowest BCUT2D eigenvalue weighted by Crippen LogP contribution is -2.44. The van der Waals surface area contributed by atoms with Crippen molar-refractivity contribution < 1.29 is 4.79 Å². The van der Waals surface area contributed by atoms with Gasteiger partial charge in [0.1, 0.15) is 0 Å². The van der Waals surface area contributed by atoms with Crippen LogP contribution in [0.4, 0.5) is 0 Å². The predicted molar refractivity (Wildman–Crippen MR) is 114 cm³/mol. The predicted octanol–water partition coefficient (Wildman–Crippen LogP) is 4.15. The number of aromatic nitrogens is 3. The molecule has 5 heteroatoms. The summed E-state index contributed by atoms with van der Waals surface area (Å²) < 4.78 is 1.78. The number of aryl methyl sites for hydroxylation is 3. The van der Waals surface area contributed by atoms with Crippen LogP contribution >= 0.6 is 0 Å². The van der Waals surface area contributed by atoms with E-state index in [4.69, 9.17) is 0 Å². The van der Waals surface area contributed by atoms with Crippen LogP contribution in [0.2, 0.25) is 0 Å². The Morgan fingerprint density at radius 2 is 1.62 bits per heavy atom. The molecular formula is C24H28N4O. The fraction of sp³-hybridized carbons (Fsp3) is 0.375. The van der Waals surface area contributed by atoms with E-state index in [-0.39, 0.29) is 11.9 Å². The largest absolute Gasteiger partial charge is 0.334 e. The van der Waals surface area contributed by atoms with Crippen LogP contribution in [0.15, 0.2) is 66.9 Å². The minimum Gasteiger partial charge on any atom is -0.334 e. The summed E-state index contributed by atoms with van der Waals surface area (Å²) in [4.78, 5) is 15.1. The molecule has 0 N–H and O–H groups in total. The number of benzene rings is 2. The molecule has 1 amide bonds. The number of amides is 1. The molecule has 0 saturated carbocycles. The number of hydrogen-bond acceptors (Lipinski definition) is 3. The highest BCUT2D eigenvalue weighted by atomic mass is 16.2. The first-order valence-electron chi connectivity index (χ1n) is 10.6. The van der Waals surface area contributed by atoms with Crippen molar-refractivity contribution in [2.45, 2.75) is 51.1 Å². The number of carbonyl (C=O) groups is 1. The lowest BCUT2D eigenvalue weighted by molar-refractivity contribution is 0.0595. The van der Waals surface area contributed by atoms with Crippen LogP contribution in [-0.2, 0) is 19.4 Å². The third kappa shape index (κ3) is 5.11. The molecule has 1 atom stereocenters.